The summed E-state index contributed by atoms with van der Waals surface area (Å²) >= 11 is 1.51. The summed E-state index contributed by atoms with van der Waals surface area (Å²) in [5.74, 6) is -0.643. The Morgan fingerprint density at radius 1 is 1.47 bits per heavy atom. The van der Waals surface area contributed by atoms with Crippen molar-refractivity contribution in [1.29, 1.82) is 0 Å². The summed E-state index contributed by atoms with van der Waals surface area (Å²) < 4.78 is 0. The third-order valence-corrected chi connectivity index (χ3v) is 4.63. The molecule has 1 saturated heterocycles. The van der Waals surface area contributed by atoms with Gasteiger partial charge in [0.1, 0.15) is 11.7 Å². The highest BCUT2D eigenvalue weighted by molar-refractivity contribution is 8.00. The molecule has 1 aliphatic rings. The molecule has 2 rings (SSSR count). The summed E-state index contributed by atoms with van der Waals surface area (Å²) in [4.78, 5) is 29.2. The van der Waals surface area contributed by atoms with E-state index in [4.69, 9.17) is 0 Å². The van der Waals surface area contributed by atoms with E-state index in [-0.39, 0.29) is 17.2 Å². The zero-order valence-electron chi connectivity index (χ0n) is 10.8. The van der Waals surface area contributed by atoms with Gasteiger partial charge in [0.15, 0.2) is 0 Å². The maximum Gasteiger partial charge on any atom is 0.327 e. The van der Waals surface area contributed by atoms with Gasteiger partial charge in [-0.15, -0.1) is 11.8 Å². The van der Waals surface area contributed by atoms with E-state index in [2.05, 4.69) is 4.98 Å². The molecule has 0 saturated carbocycles. The molecule has 1 aromatic heterocycles. The summed E-state index contributed by atoms with van der Waals surface area (Å²) in [5.41, 5.74) is 0.293. The first-order valence-electron chi connectivity index (χ1n) is 6.10. The molecule has 1 amide bonds. The van der Waals surface area contributed by atoms with Crippen LogP contribution in [-0.4, -0.2) is 44.0 Å². The molecular weight excluding hydrogens is 264 g/mol. The van der Waals surface area contributed by atoms with Crippen LogP contribution in [0.2, 0.25) is 0 Å². The van der Waals surface area contributed by atoms with E-state index in [1.54, 1.807) is 18.2 Å². The van der Waals surface area contributed by atoms with Crippen LogP contribution in [0.25, 0.3) is 0 Å². The van der Waals surface area contributed by atoms with E-state index in [1.807, 2.05) is 13.8 Å². The lowest BCUT2D eigenvalue weighted by Crippen LogP contribution is -2.47. The van der Waals surface area contributed by atoms with Gasteiger partial charge >= 0.3 is 5.97 Å². The van der Waals surface area contributed by atoms with Crippen LogP contribution in [0, 0.1) is 5.92 Å². The molecule has 1 fully saturated rings. The van der Waals surface area contributed by atoms with Crippen molar-refractivity contribution in [2.75, 3.05) is 5.75 Å². The van der Waals surface area contributed by atoms with E-state index < -0.39 is 12.0 Å². The van der Waals surface area contributed by atoms with Crippen LogP contribution in [-0.2, 0) is 4.79 Å². The minimum absolute atomic E-state index is 0.115. The summed E-state index contributed by atoms with van der Waals surface area (Å²) in [6, 6.07) is 4.29. The quantitative estimate of drug-likeness (QED) is 0.912. The number of pyridine rings is 1. The van der Waals surface area contributed by atoms with Gasteiger partial charge in [0.2, 0.25) is 0 Å². The molecule has 102 valence electrons. The first-order chi connectivity index (χ1) is 9.02. The fraction of sp³-hybridized carbons (Fsp3) is 0.462. The fourth-order valence-electron chi connectivity index (χ4n) is 2.11. The van der Waals surface area contributed by atoms with Gasteiger partial charge < -0.3 is 10.0 Å². The molecule has 0 radical (unpaired) electrons. The molecule has 0 aromatic carbocycles. The average molecular weight is 280 g/mol. The second-order valence-corrected chi connectivity index (χ2v) is 5.90. The normalized spacial score (nSPS) is 22.8. The number of hydrogen-bond acceptors (Lipinski definition) is 4. The first kappa shape index (κ1) is 13.9. The summed E-state index contributed by atoms with van der Waals surface area (Å²) in [6.07, 6.45) is 1.54. The number of rotatable bonds is 3. The van der Waals surface area contributed by atoms with E-state index in [9.17, 15) is 14.7 Å². The van der Waals surface area contributed by atoms with E-state index >= 15 is 0 Å². The number of carbonyl (C=O) groups excluding carboxylic acids is 1. The number of carbonyl (C=O) groups is 2. The molecule has 2 atom stereocenters. The van der Waals surface area contributed by atoms with Gasteiger partial charge in [-0.25, -0.2) is 4.79 Å². The number of thioether (sulfide) groups is 1. The molecule has 0 spiro atoms. The lowest BCUT2D eigenvalue weighted by Gasteiger charge is -2.29. The number of nitrogens with zero attached hydrogens (tertiary/aromatic N) is 2. The zero-order valence-corrected chi connectivity index (χ0v) is 11.6. The molecule has 6 heteroatoms. The minimum Gasteiger partial charge on any atom is -0.480 e. The van der Waals surface area contributed by atoms with Crippen molar-refractivity contribution in [3.63, 3.8) is 0 Å². The van der Waals surface area contributed by atoms with Crippen LogP contribution in [0.5, 0.6) is 0 Å². The standard InChI is InChI=1S/C13H16N2O3S/c1-8(2)12-15(10(7-19-12)13(17)18)11(16)9-5-3-4-6-14-9/h3-6,8,10,12H,7H2,1-2H3,(H,17,18). The predicted octanol–water partition coefficient (Wildman–Crippen LogP) is 1.71. The minimum atomic E-state index is -0.958. The predicted molar refractivity (Wildman–Crippen MR) is 72.9 cm³/mol. The highest BCUT2D eigenvalue weighted by atomic mass is 32.2. The van der Waals surface area contributed by atoms with Crippen LogP contribution in [0.1, 0.15) is 24.3 Å². The lowest BCUT2D eigenvalue weighted by atomic mass is 10.1. The van der Waals surface area contributed by atoms with Crippen molar-refractivity contribution < 1.29 is 14.7 Å². The largest absolute Gasteiger partial charge is 0.480 e. The van der Waals surface area contributed by atoms with Gasteiger partial charge in [0.05, 0.1) is 5.37 Å². The molecule has 1 aromatic rings. The number of carboxylic acid groups (broad SMARTS) is 1. The maximum absolute atomic E-state index is 12.5. The van der Waals surface area contributed by atoms with Crippen LogP contribution in [0.15, 0.2) is 24.4 Å². The first-order valence-corrected chi connectivity index (χ1v) is 7.15. The highest BCUT2D eigenvalue weighted by Crippen LogP contribution is 2.34. The van der Waals surface area contributed by atoms with E-state index in [0.717, 1.165) is 0 Å². The topological polar surface area (TPSA) is 70.5 Å². The van der Waals surface area contributed by atoms with E-state index in [0.29, 0.717) is 11.4 Å². The summed E-state index contributed by atoms with van der Waals surface area (Å²) in [7, 11) is 0. The number of amides is 1. The van der Waals surface area contributed by atoms with Crippen LogP contribution < -0.4 is 0 Å². The molecule has 0 aliphatic carbocycles. The van der Waals surface area contributed by atoms with Crippen molar-refractivity contribution in [2.24, 2.45) is 5.92 Å². The Hall–Kier alpha value is -1.56. The molecule has 0 bridgehead atoms. The van der Waals surface area contributed by atoms with E-state index in [1.165, 1.54) is 22.9 Å². The number of hydrogen-bond donors (Lipinski definition) is 1. The number of carboxylic acids is 1. The number of aliphatic carboxylic acids is 1. The van der Waals surface area contributed by atoms with Crippen LogP contribution >= 0.6 is 11.8 Å². The fourth-order valence-corrected chi connectivity index (χ4v) is 3.58. The van der Waals surface area contributed by atoms with Crippen molar-refractivity contribution in [2.45, 2.75) is 25.3 Å². The smallest absolute Gasteiger partial charge is 0.327 e. The molecule has 2 unspecified atom stereocenters. The van der Waals surface area contributed by atoms with Crippen molar-refractivity contribution in [3.8, 4) is 0 Å². The second-order valence-electron chi connectivity index (χ2n) is 4.75. The van der Waals surface area contributed by atoms with Gasteiger partial charge in [-0.05, 0) is 18.1 Å². The van der Waals surface area contributed by atoms with Gasteiger partial charge in [-0.2, -0.15) is 0 Å². The highest BCUT2D eigenvalue weighted by Gasteiger charge is 2.43. The molecular formula is C13H16N2O3S. The molecule has 1 N–H and O–H groups in total. The van der Waals surface area contributed by atoms with Crippen molar-refractivity contribution >= 4 is 23.6 Å². The van der Waals surface area contributed by atoms with Crippen molar-refractivity contribution in [3.05, 3.63) is 30.1 Å². The third-order valence-electron chi connectivity index (χ3n) is 3.01. The number of aromatic nitrogens is 1. The molecule has 1 aliphatic heterocycles. The Bertz CT molecular complexity index is 478. The van der Waals surface area contributed by atoms with Gasteiger partial charge in [0, 0.05) is 11.9 Å². The Kier molecular flexibility index (Phi) is 4.09. The second kappa shape index (κ2) is 5.61. The summed E-state index contributed by atoms with van der Waals surface area (Å²) in [6.45, 7) is 3.97. The Balaban J connectivity index is 2.31. The zero-order chi connectivity index (χ0) is 14.0. The Morgan fingerprint density at radius 2 is 2.21 bits per heavy atom. The van der Waals surface area contributed by atoms with Crippen molar-refractivity contribution in [1.82, 2.24) is 9.88 Å². The molecule has 19 heavy (non-hydrogen) atoms. The molecule has 2 heterocycles. The van der Waals surface area contributed by atoms with Crippen LogP contribution in [0.3, 0.4) is 0 Å². The van der Waals surface area contributed by atoms with Gasteiger partial charge in [-0.1, -0.05) is 19.9 Å². The van der Waals surface area contributed by atoms with Gasteiger partial charge in [-0.3, -0.25) is 9.78 Å². The van der Waals surface area contributed by atoms with Crippen LogP contribution in [0.4, 0.5) is 0 Å². The van der Waals surface area contributed by atoms with Gasteiger partial charge in [0.25, 0.3) is 5.91 Å². The average Bonchev–Trinajstić information content (AvgIpc) is 2.83. The summed E-state index contributed by atoms with van der Waals surface area (Å²) in [5, 5.41) is 9.14. The third kappa shape index (κ3) is 2.73. The Morgan fingerprint density at radius 3 is 2.74 bits per heavy atom. The monoisotopic (exact) mass is 280 g/mol. The molecule has 5 nitrogen and oxygen atoms in total. The maximum atomic E-state index is 12.5. The lowest BCUT2D eigenvalue weighted by molar-refractivity contribution is -0.141. The Labute approximate surface area is 116 Å². The SMILES string of the molecule is CC(C)C1SCC(C(=O)O)N1C(=O)c1ccccn1.